The first kappa shape index (κ1) is 24.6. The maximum atomic E-state index is 13.9. The molecule has 2 heterocycles. The monoisotopic (exact) mass is 509 g/mol. The highest BCUT2D eigenvalue weighted by Crippen LogP contribution is 2.30. The molecule has 1 atom stereocenters. The third-order valence-corrected chi connectivity index (χ3v) is 6.88. The van der Waals surface area contributed by atoms with Gasteiger partial charge in [0.1, 0.15) is 0 Å². The quantitative estimate of drug-likeness (QED) is 0.331. The van der Waals surface area contributed by atoms with Crippen LogP contribution in [0.4, 0.5) is 18.9 Å². The second kappa shape index (κ2) is 10.8. The summed E-state index contributed by atoms with van der Waals surface area (Å²) < 4.78 is 42.4. The molecule has 1 aliphatic rings. The molecule has 0 unspecified atom stereocenters. The molecule has 0 spiro atoms. The lowest BCUT2D eigenvalue weighted by molar-refractivity contribution is -0.113. The third-order valence-electron chi connectivity index (χ3n) is 5.70. The number of rotatable bonds is 7. The number of amides is 1. The van der Waals surface area contributed by atoms with Gasteiger partial charge in [-0.15, -0.1) is 10.2 Å². The van der Waals surface area contributed by atoms with Crippen molar-refractivity contribution < 1.29 is 18.0 Å². The molecule has 1 aliphatic heterocycles. The van der Waals surface area contributed by atoms with Crippen molar-refractivity contribution in [3.63, 3.8) is 0 Å². The van der Waals surface area contributed by atoms with Crippen molar-refractivity contribution in [1.82, 2.24) is 19.7 Å². The lowest BCUT2D eigenvalue weighted by Crippen LogP contribution is -2.33. The van der Waals surface area contributed by atoms with Crippen LogP contribution < -0.4 is 5.32 Å². The number of carbonyl (C=O) groups excluding carboxylic acids is 1. The van der Waals surface area contributed by atoms with Crippen LogP contribution in [0.15, 0.2) is 41.6 Å². The lowest BCUT2D eigenvalue weighted by Gasteiger charge is -2.31. The number of carbonyl (C=O) groups is 1. The van der Waals surface area contributed by atoms with E-state index in [2.05, 4.69) is 27.3 Å². The third kappa shape index (κ3) is 5.39. The summed E-state index contributed by atoms with van der Waals surface area (Å²) >= 11 is 7.17. The number of nitrogens with one attached hydrogen (secondary N) is 1. The number of benzene rings is 2. The molecule has 0 bridgehead atoms. The second-order valence-electron chi connectivity index (χ2n) is 7.98. The molecule has 6 nitrogen and oxygen atoms in total. The fourth-order valence-corrected chi connectivity index (χ4v) is 4.77. The van der Waals surface area contributed by atoms with E-state index in [1.165, 1.54) is 6.42 Å². The molecular formula is C23H23ClF3N5OS. The predicted octanol–water partition coefficient (Wildman–Crippen LogP) is 5.62. The summed E-state index contributed by atoms with van der Waals surface area (Å²) in [5.41, 5.74) is 0.367. The second-order valence-corrected chi connectivity index (χ2v) is 9.36. The average Bonchev–Trinajstić information content (AvgIpc) is 3.27. The Kier molecular flexibility index (Phi) is 7.80. The van der Waals surface area contributed by atoms with Gasteiger partial charge in [0, 0.05) is 10.7 Å². The molecule has 180 valence electrons. The Balaban J connectivity index is 1.55. The van der Waals surface area contributed by atoms with Gasteiger partial charge in [0.2, 0.25) is 5.91 Å². The van der Waals surface area contributed by atoms with Crippen molar-refractivity contribution in [2.45, 2.75) is 37.4 Å². The maximum Gasteiger partial charge on any atom is 0.234 e. The normalized spacial score (nSPS) is 15.3. The Morgan fingerprint density at radius 3 is 2.47 bits per heavy atom. The number of thioether (sulfide) groups is 1. The van der Waals surface area contributed by atoms with E-state index in [0.717, 1.165) is 61.3 Å². The van der Waals surface area contributed by atoms with Gasteiger partial charge in [0.15, 0.2) is 28.4 Å². The number of nitrogens with zero attached hydrogens (tertiary/aromatic N) is 4. The molecule has 0 aliphatic carbocycles. The van der Waals surface area contributed by atoms with Crippen LogP contribution in [0.2, 0.25) is 5.02 Å². The minimum atomic E-state index is -1.63. The zero-order valence-corrected chi connectivity index (χ0v) is 20.0. The number of anilines is 1. The molecule has 1 N–H and O–H groups in total. The molecule has 0 saturated carbocycles. The van der Waals surface area contributed by atoms with E-state index in [4.69, 9.17) is 11.6 Å². The van der Waals surface area contributed by atoms with Crippen LogP contribution in [-0.4, -0.2) is 44.4 Å². The van der Waals surface area contributed by atoms with Crippen molar-refractivity contribution in [1.29, 1.82) is 0 Å². The van der Waals surface area contributed by atoms with Crippen LogP contribution in [0.1, 0.15) is 38.1 Å². The molecule has 11 heteroatoms. The number of piperidine rings is 1. The molecule has 1 amide bonds. The first-order valence-electron chi connectivity index (χ1n) is 10.9. The Bertz CT molecular complexity index is 1170. The van der Waals surface area contributed by atoms with Crippen LogP contribution in [0.5, 0.6) is 0 Å². The number of hydrogen-bond acceptors (Lipinski definition) is 5. The lowest BCUT2D eigenvalue weighted by atomic mass is 10.1. The fraction of sp³-hybridized carbons (Fsp3) is 0.348. The molecule has 4 rings (SSSR count). The molecule has 34 heavy (non-hydrogen) atoms. The molecule has 1 aromatic heterocycles. The van der Waals surface area contributed by atoms with E-state index < -0.39 is 29.0 Å². The van der Waals surface area contributed by atoms with Crippen LogP contribution >= 0.6 is 23.4 Å². The van der Waals surface area contributed by atoms with Crippen molar-refractivity contribution in [2.75, 3.05) is 24.2 Å². The number of aromatic nitrogens is 3. The Morgan fingerprint density at radius 1 is 1.06 bits per heavy atom. The van der Waals surface area contributed by atoms with E-state index in [9.17, 15) is 18.0 Å². The summed E-state index contributed by atoms with van der Waals surface area (Å²) in [6, 6.07) is 8.95. The van der Waals surface area contributed by atoms with Crippen molar-refractivity contribution in [3.8, 4) is 5.69 Å². The zero-order valence-electron chi connectivity index (χ0n) is 18.4. The number of likely N-dealkylation sites (tertiary alicyclic amines) is 1. The standard InChI is InChI=1S/C23H23ClF3N5OS/c1-14(31-11-3-2-4-12-31)22-29-30-23(32(22)16-7-5-15(24)6-8-16)34-13-19(33)28-18-10-9-17(25)20(26)21(18)27/h5-10,14H,2-4,11-13H2,1H3,(H,28,33)/t14-/m0/s1. The van der Waals surface area contributed by atoms with E-state index in [0.29, 0.717) is 10.2 Å². The smallest absolute Gasteiger partial charge is 0.234 e. The van der Waals surface area contributed by atoms with Gasteiger partial charge < -0.3 is 5.32 Å². The summed E-state index contributed by atoms with van der Waals surface area (Å²) in [5, 5.41) is 12.1. The average molecular weight is 510 g/mol. The summed E-state index contributed by atoms with van der Waals surface area (Å²) in [5.74, 6) is -4.40. The highest BCUT2D eigenvalue weighted by Gasteiger charge is 2.26. The first-order valence-corrected chi connectivity index (χ1v) is 12.2. The van der Waals surface area contributed by atoms with Crippen molar-refractivity contribution in [2.24, 2.45) is 0 Å². The number of hydrogen-bond donors (Lipinski definition) is 1. The Labute approximate surface area is 204 Å². The van der Waals surface area contributed by atoms with Gasteiger partial charge in [0.05, 0.1) is 17.5 Å². The first-order chi connectivity index (χ1) is 16.3. The van der Waals surface area contributed by atoms with Crippen molar-refractivity contribution >= 4 is 35.0 Å². The van der Waals surface area contributed by atoms with E-state index in [1.807, 2.05) is 16.7 Å². The van der Waals surface area contributed by atoms with Gasteiger partial charge in [-0.05, 0) is 69.3 Å². The van der Waals surface area contributed by atoms with Gasteiger partial charge in [0.25, 0.3) is 0 Å². The van der Waals surface area contributed by atoms with Crippen LogP contribution in [0, 0.1) is 17.5 Å². The van der Waals surface area contributed by atoms with E-state index >= 15 is 0 Å². The summed E-state index contributed by atoms with van der Waals surface area (Å²) in [4.78, 5) is 14.8. The van der Waals surface area contributed by atoms with Crippen molar-refractivity contribution in [3.05, 3.63) is 64.7 Å². The van der Waals surface area contributed by atoms with Crippen LogP contribution in [0.25, 0.3) is 5.69 Å². The molecule has 3 aromatic rings. The zero-order chi connectivity index (χ0) is 24.2. The summed E-state index contributed by atoms with van der Waals surface area (Å²) in [6.07, 6.45) is 3.46. The largest absolute Gasteiger partial charge is 0.323 e. The van der Waals surface area contributed by atoms with Crippen LogP contribution in [0.3, 0.4) is 0 Å². The highest BCUT2D eigenvalue weighted by molar-refractivity contribution is 7.99. The summed E-state index contributed by atoms with van der Waals surface area (Å²) in [6.45, 7) is 4.02. The van der Waals surface area contributed by atoms with Gasteiger partial charge >= 0.3 is 0 Å². The minimum Gasteiger partial charge on any atom is -0.323 e. The van der Waals surface area contributed by atoms with E-state index in [1.54, 1.807) is 12.1 Å². The Morgan fingerprint density at radius 2 is 1.76 bits per heavy atom. The van der Waals surface area contributed by atoms with Crippen LogP contribution in [-0.2, 0) is 4.79 Å². The highest BCUT2D eigenvalue weighted by atomic mass is 35.5. The number of halogens is 4. The minimum absolute atomic E-state index is 0.00272. The van der Waals surface area contributed by atoms with E-state index in [-0.39, 0.29) is 11.8 Å². The molecule has 2 aromatic carbocycles. The molecule has 1 fully saturated rings. The maximum absolute atomic E-state index is 13.9. The molecule has 0 radical (unpaired) electrons. The van der Waals surface area contributed by atoms with Gasteiger partial charge in [-0.3, -0.25) is 14.3 Å². The Hall–Kier alpha value is -2.56. The SMILES string of the molecule is C[C@@H](c1nnc(SCC(=O)Nc2ccc(F)c(F)c2F)n1-c1ccc(Cl)cc1)N1CCCCC1. The van der Waals surface area contributed by atoms with Gasteiger partial charge in [-0.25, -0.2) is 13.2 Å². The fourth-order valence-electron chi connectivity index (χ4n) is 3.89. The van der Waals surface area contributed by atoms with Gasteiger partial charge in [-0.1, -0.05) is 29.8 Å². The summed E-state index contributed by atoms with van der Waals surface area (Å²) in [7, 11) is 0. The topological polar surface area (TPSA) is 63.1 Å². The van der Waals surface area contributed by atoms with Gasteiger partial charge in [-0.2, -0.15) is 0 Å². The predicted molar refractivity (Wildman–Crippen MR) is 126 cm³/mol. The molecular weight excluding hydrogens is 487 g/mol. The molecule has 1 saturated heterocycles.